The average molecular weight is 602 g/mol. The summed E-state index contributed by atoms with van der Waals surface area (Å²) in [4.78, 5) is 24.9. The number of halogens is 9. The van der Waals surface area contributed by atoms with Crippen molar-refractivity contribution in [3.8, 4) is 23.0 Å². The van der Waals surface area contributed by atoms with Gasteiger partial charge in [-0.1, -0.05) is 0 Å². The molecule has 41 heavy (non-hydrogen) atoms. The predicted octanol–water partition coefficient (Wildman–Crippen LogP) is 5.72. The number of aromatic nitrogens is 4. The van der Waals surface area contributed by atoms with Crippen LogP contribution in [0.4, 0.5) is 44.3 Å². The van der Waals surface area contributed by atoms with Gasteiger partial charge in [0.2, 0.25) is 5.88 Å². The van der Waals surface area contributed by atoms with Crippen LogP contribution in [0.25, 0.3) is 16.9 Å². The number of amides is 2. The average Bonchev–Trinajstić information content (AvgIpc) is 3.35. The number of rotatable bonds is 9. The van der Waals surface area contributed by atoms with Gasteiger partial charge in [0, 0.05) is 43.3 Å². The molecule has 3 aromatic heterocycles. The molecule has 1 N–H and O–H groups in total. The van der Waals surface area contributed by atoms with Gasteiger partial charge in [-0.15, -0.1) is 0 Å². The highest BCUT2D eigenvalue weighted by Crippen LogP contribution is 2.41. The number of carbonyl (C=O) groups excluding carboxylic acids is 1. The number of hydrogen-bond donors (Lipinski definition) is 1. The zero-order chi connectivity index (χ0) is 30.8. The molecule has 0 bridgehead atoms. The Morgan fingerprint density at radius 3 is 2.22 bits per heavy atom. The molecule has 9 nitrogen and oxygen atoms in total. The number of methoxy groups -OCH3 is 2. The molecule has 0 saturated carbocycles. The Morgan fingerprint density at radius 2 is 1.68 bits per heavy atom. The molecule has 3 aromatic rings. The van der Waals surface area contributed by atoms with Crippen molar-refractivity contribution >= 4 is 11.7 Å². The van der Waals surface area contributed by atoms with Crippen LogP contribution in [0.15, 0.2) is 30.9 Å². The Balaban J connectivity index is 2.06. The van der Waals surface area contributed by atoms with Crippen LogP contribution in [0, 0.1) is 0 Å². The summed E-state index contributed by atoms with van der Waals surface area (Å²) in [7, 11) is 2.47. The third-order valence-electron chi connectivity index (χ3n) is 5.83. The third-order valence-corrected chi connectivity index (χ3v) is 5.83. The summed E-state index contributed by atoms with van der Waals surface area (Å²) in [6, 6.07) is -6.84. The molecule has 0 saturated heterocycles. The van der Waals surface area contributed by atoms with E-state index in [9.17, 15) is 44.3 Å². The Morgan fingerprint density at radius 1 is 1.02 bits per heavy atom. The smallest absolute Gasteiger partial charge is 0.413 e. The molecule has 0 aliphatic carbocycles. The highest BCUT2D eigenvalue weighted by molar-refractivity contribution is 5.76. The van der Waals surface area contributed by atoms with Crippen molar-refractivity contribution in [2.24, 2.45) is 0 Å². The van der Waals surface area contributed by atoms with Crippen molar-refractivity contribution in [3.63, 3.8) is 0 Å². The van der Waals surface area contributed by atoms with Crippen LogP contribution in [0.1, 0.15) is 31.4 Å². The van der Waals surface area contributed by atoms with Gasteiger partial charge in [0.1, 0.15) is 6.04 Å². The lowest BCUT2D eigenvalue weighted by Gasteiger charge is -2.34. The molecule has 0 aliphatic heterocycles. The first-order valence-corrected chi connectivity index (χ1v) is 11.7. The summed E-state index contributed by atoms with van der Waals surface area (Å²) >= 11 is 0. The largest absolute Gasteiger partial charge is 0.481 e. The number of imidazole rings is 1. The fourth-order valence-electron chi connectivity index (χ4n) is 3.98. The second-order valence-corrected chi connectivity index (χ2v) is 8.55. The van der Waals surface area contributed by atoms with E-state index in [1.165, 1.54) is 42.5 Å². The minimum atomic E-state index is -5.36. The van der Waals surface area contributed by atoms with E-state index in [-0.39, 0.29) is 33.6 Å². The van der Waals surface area contributed by atoms with Crippen LogP contribution in [0.2, 0.25) is 0 Å². The maximum absolute atomic E-state index is 14.4. The number of nitrogens with one attached hydrogen (secondary N) is 1. The first-order valence-electron chi connectivity index (χ1n) is 11.7. The maximum Gasteiger partial charge on any atom is 0.413 e. The SMILES string of the molecule is CCN(C(=O)NC(CCC(F)(F)F)C(F)(F)F)C(c1cnc(OC)c(-c2cn3ccnc3c(OC)n2)c1)C(F)(F)F. The highest BCUT2D eigenvalue weighted by atomic mass is 19.4. The van der Waals surface area contributed by atoms with E-state index in [0.717, 1.165) is 13.0 Å². The van der Waals surface area contributed by atoms with E-state index in [1.807, 2.05) is 0 Å². The summed E-state index contributed by atoms with van der Waals surface area (Å²) in [5.41, 5.74) is -0.485. The topological polar surface area (TPSA) is 93.9 Å². The molecule has 3 heterocycles. The van der Waals surface area contributed by atoms with Crippen molar-refractivity contribution in [2.45, 2.75) is 50.4 Å². The summed E-state index contributed by atoms with van der Waals surface area (Å²) < 4.78 is 133. The van der Waals surface area contributed by atoms with E-state index in [1.54, 1.807) is 0 Å². The van der Waals surface area contributed by atoms with Gasteiger partial charge in [-0.05, 0) is 19.4 Å². The van der Waals surface area contributed by atoms with E-state index >= 15 is 0 Å². The minimum Gasteiger partial charge on any atom is -0.481 e. The van der Waals surface area contributed by atoms with Gasteiger partial charge in [-0.2, -0.15) is 39.5 Å². The molecule has 0 spiro atoms. The number of fused-ring (bicyclic) bond motifs is 1. The van der Waals surface area contributed by atoms with Crippen molar-refractivity contribution in [3.05, 3.63) is 36.4 Å². The van der Waals surface area contributed by atoms with E-state index in [0.29, 0.717) is 6.20 Å². The normalized spacial score (nSPS) is 14.0. The van der Waals surface area contributed by atoms with Gasteiger partial charge in [-0.3, -0.25) is 0 Å². The molecule has 0 radical (unpaired) electrons. The second kappa shape index (κ2) is 11.9. The number of urea groups is 1. The maximum atomic E-state index is 14.4. The van der Waals surface area contributed by atoms with E-state index < -0.39 is 61.6 Å². The first-order chi connectivity index (χ1) is 19.0. The van der Waals surface area contributed by atoms with Crippen LogP contribution in [-0.4, -0.2) is 75.6 Å². The summed E-state index contributed by atoms with van der Waals surface area (Å²) in [5.74, 6) is -0.181. The number of hydrogen-bond acceptors (Lipinski definition) is 6. The molecule has 3 rings (SSSR count). The number of alkyl halides is 9. The molecule has 2 atom stereocenters. The van der Waals surface area contributed by atoms with Crippen LogP contribution >= 0.6 is 0 Å². The van der Waals surface area contributed by atoms with Gasteiger partial charge in [0.05, 0.1) is 25.5 Å². The monoisotopic (exact) mass is 602 g/mol. The first kappa shape index (κ1) is 31.5. The second-order valence-electron chi connectivity index (χ2n) is 8.55. The van der Waals surface area contributed by atoms with Gasteiger partial charge in [-0.25, -0.2) is 19.7 Å². The molecule has 226 valence electrons. The van der Waals surface area contributed by atoms with E-state index in [4.69, 9.17) is 9.47 Å². The fraction of sp³-hybridized carbons (Fsp3) is 0.478. The van der Waals surface area contributed by atoms with Gasteiger partial charge in [0.15, 0.2) is 11.7 Å². The van der Waals surface area contributed by atoms with Crippen molar-refractivity contribution in [1.82, 2.24) is 29.6 Å². The summed E-state index contributed by atoms with van der Waals surface area (Å²) in [5, 5.41) is 1.28. The molecule has 2 amide bonds. The number of nitrogens with zero attached hydrogens (tertiary/aromatic N) is 5. The highest BCUT2D eigenvalue weighted by Gasteiger charge is 2.49. The van der Waals surface area contributed by atoms with Crippen LogP contribution in [0.3, 0.4) is 0 Å². The Bertz CT molecular complexity index is 1360. The van der Waals surface area contributed by atoms with Gasteiger partial charge < -0.3 is 24.1 Å². The van der Waals surface area contributed by atoms with Crippen LogP contribution in [0.5, 0.6) is 11.8 Å². The molecule has 0 aliphatic rings. The predicted molar refractivity (Wildman–Crippen MR) is 124 cm³/mol. The van der Waals surface area contributed by atoms with Crippen molar-refractivity contribution < 1.29 is 53.8 Å². The van der Waals surface area contributed by atoms with Crippen LogP contribution < -0.4 is 14.8 Å². The zero-order valence-electron chi connectivity index (χ0n) is 21.5. The number of carbonyl (C=O) groups is 1. The Labute approximate surface area is 226 Å². The quantitative estimate of drug-likeness (QED) is 0.315. The minimum absolute atomic E-state index is 0.000982. The Kier molecular flexibility index (Phi) is 9.12. The van der Waals surface area contributed by atoms with Crippen molar-refractivity contribution in [2.75, 3.05) is 20.8 Å². The molecule has 18 heteroatoms. The molecular weight excluding hydrogens is 579 g/mol. The Hall–Kier alpha value is -3.99. The fourth-order valence-corrected chi connectivity index (χ4v) is 3.98. The molecule has 0 aromatic carbocycles. The number of pyridine rings is 1. The van der Waals surface area contributed by atoms with Gasteiger partial charge in [0.25, 0.3) is 5.88 Å². The lowest BCUT2D eigenvalue weighted by atomic mass is 10.0. The van der Waals surface area contributed by atoms with Gasteiger partial charge >= 0.3 is 24.6 Å². The molecular formula is C23H23F9N6O3. The molecule has 0 fully saturated rings. The number of ether oxygens (including phenoxy) is 2. The standard InChI is InChI=1S/C23H23F9N6O3/c1-4-38(20(39)36-15(22(27,28)29)5-6-21(24,25)26)16(23(30,31)32)12-9-13(18(40-2)34-10-12)14-11-37-8-7-33-17(37)19(35-14)41-3/h7-11,15-16H,4-6H2,1-3H3,(H,36,39). The van der Waals surface area contributed by atoms with E-state index in [2.05, 4.69) is 15.0 Å². The lowest BCUT2D eigenvalue weighted by molar-refractivity contribution is -0.181. The molecule has 2 unspecified atom stereocenters. The van der Waals surface area contributed by atoms with Crippen molar-refractivity contribution in [1.29, 1.82) is 0 Å². The summed E-state index contributed by atoms with van der Waals surface area (Å²) in [6.45, 7) is 0.294. The third kappa shape index (κ3) is 7.40. The lowest BCUT2D eigenvalue weighted by Crippen LogP contribution is -2.53. The summed E-state index contributed by atoms with van der Waals surface area (Å²) in [6.07, 6.45) is -14.1. The van der Waals surface area contributed by atoms with Crippen LogP contribution in [-0.2, 0) is 0 Å². The zero-order valence-corrected chi connectivity index (χ0v) is 21.5.